The summed E-state index contributed by atoms with van der Waals surface area (Å²) in [5.41, 5.74) is 8.31. The van der Waals surface area contributed by atoms with Crippen LogP contribution in [0.5, 0.6) is 0 Å². The third-order valence-corrected chi connectivity index (χ3v) is 5.78. The minimum Gasteiger partial charge on any atom is -0.344 e. The Hall–Kier alpha value is -3.06. The van der Waals surface area contributed by atoms with E-state index in [0.29, 0.717) is 0 Å². The molecule has 0 atom stereocenters. The summed E-state index contributed by atoms with van der Waals surface area (Å²) in [5, 5.41) is 5.36. The molecule has 5 aromatic rings. The first-order valence-corrected chi connectivity index (χ1v) is 8.82. The summed E-state index contributed by atoms with van der Waals surface area (Å²) in [6.07, 6.45) is 1.05. The molecule has 0 bridgehead atoms. The van der Waals surface area contributed by atoms with E-state index in [1.165, 1.54) is 54.8 Å². The van der Waals surface area contributed by atoms with Crippen LogP contribution in [-0.4, -0.2) is 4.57 Å². The van der Waals surface area contributed by atoms with Crippen molar-refractivity contribution in [2.24, 2.45) is 7.05 Å². The maximum atomic E-state index is 2.39. The second-order valence-corrected chi connectivity index (χ2v) is 7.14. The molecule has 1 aromatic heterocycles. The summed E-state index contributed by atoms with van der Waals surface area (Å²) >= 11 is 0. The molecule has 1 heteroatoms. The SMILES string of the molecule is Cn1c2ccccc2c2cc3cc4c(cc3cc21)-c1ccccc1C4. The molecule has 0 saturated carbocycles. The fourth-order valence-corrected chi connectivity index (χ4v) is 4.54. The Balaban J connectivity index is 1.73. The van der Waals surface area contributed by atoms with Crippen molar-refractivity contribution in [3.05, 3.63) is 83.9 Å². The van der Waals surface area contributed by atoms with E-state index in [9.17, 15) is 0 Å². The van der Waals surface area contributed by atoms with Gasteiger partial charge in [-0.3, -0.25) is 0 Å². The van der Waals surface area contributed by atoms with Gasteiger partial charge in [0.1, 0.15) is 0 Å². The zero-order chi connectivity index (χ0) is 16.5. The molecule has 0 radical (unpaired) electrons. The Morgan fingerprint density at radius 3 is 2.40 bits per heavy atom. The van der Waals surface area contributed by atoms with Crippen molar-refractivity contribution in [1.29, 1.82) is 0 Å². The molecule has 25 heavy (non-hydrogen) atoms. The Labute approximate surface area is 146 Å². The number of nitrogens with zero attached hydrogens (tertiary/aromatic N) is 1. The van der Waals surface area contributed by atoms with Gasteiger partial charge in [-0.15, -0.1) is 0 Å². The predicted molar refractivity (Wildman–Crippen MR) is 106 cm³/mol. The summed E-state index contributed by atoms with van der Waals surface area (Å²) in [6.45, 7) is 0. The van der Waals surface area contributed by atoms with Crippen molar-refractivity contribution in [2.75, 3.05) is 0 Å². The number of para-hydroxylation sites is 1. The van der Waals surface area contributed by atoms with Crippen LogP contribution in [0, 0.1) is 0 Å². The van der Waals surface area contributed by atoms with Crippen LogP contribution < -0.4 is 0 Å². The highest BCUT2D eigenvalue weighted by Crippen LogP contribution is 2.40. The zero-order valence-electron chi connectivity index (χ0n) is 14.1. The van der Waals surface area contributed by atoms with Gasteiger partial charge in [-0.25, -0.2) is 0 Å². The molecule has 0 amide bonds. The molecule has 4 aromatic carbocycles. The molecule has 6 rings (SSSR count). The van der Waals surface area contributed by atoms with Crippen LogP contribution in [0.1, 0.15) is 11.1 Å². The molecule has 1 nitrogen and oxygen atoms in total. The first kappa shape index (κ1) is 13.3. The fraction of sp³-hybridized carbons (Fsp3) is 0.0833. The second-order valence-electron chi connectivity index (χ2n) is 7.14. The Morgan fingerprint density at radius 2 is 1.44 bits per heavy atom. The topological polar surface area (TPSA) is 4.93 Å². The maximum Gasteiger partial charge on any atom is 0.0495 e. The molecule has 118 valence electrons. The number of fused-ring (bicyclic) bond motifs is 7. The maximum absolute atomic E-state index is 2.39. The number of hydrogen-bond donors (Lipinski definition) is 0. The molecule has 0 saturated heterocycles. The smallest absolute Gasteiger partial charge is 0.0495 e. The third kappa shape index (κ3) is 1.68. The second kappa shape index (κ2) is 4.52. The van der Waals surface area contributed by atoms with E-state index in [1.807, 2.05) is 0 Å². The molecule has 0 spiro atoms. The molecule has 0 unspecified atom stereocenters. The van der Waals surface area contributed by atoms with Gasteiger partial charge in [0.25, 0.3) is 0 Å². The van der Waals surface area contributed by atoms with Crippen LogP contribution in [0.3, 0.4) is 0 Å². The Bertz CT molecular complexity index is 1320. The summed E-state index contributed by atoms with van der Waals surface area (Å²) < 4.78 is 2.31. The van der Waals surface area contributed by atoms with Crippen LogP contribution in [0.2, 0.25) is 0 Å². The van der Waals surface area contributed by atoms with Gasteiger partial charge in [-0.05, 0) is 63.7 Å². The molecule has 0 N–H and O–H groups in total. The molecule has 0 aliphatic heterocycles. The minimum atomic E-state index is 1.05. The van der Waals surface area contributed by atoms with Gasteiger partial charge in [-0.2, -0.15) is 0 Å². The summed E-state index contributed by atoms with van der Waals surface area (Å²) in [6, 6.07) is 27.0. The number of aryl methyl sites for hydroxylation is 1. The monoisotopic (exact) mass is 319 g/mol. The van der Waals surface area contributed by atoms with Gasteiger partial charge in [0.15, 0.2) is 0 Å². The van der Waals surface area contributed by atoms with Crippen LogP contribution in [0.25, 0.3) is 43.7 Å². The van der Waals surface area contributed by atoms with E-state index in [-0.39, 0.29) is 0 Å². The van der Waals surface area contributed by atoms with Gasteiger partial charge in [0.05, 0.1) is 0 Å². The molecular formula is C24H17N. The molecular weight excluding hydrogens is 302 g/mol. The van der Waals surface area contributed by atoms with Crippen LogP contribution in [0.15, 0.2) is 72.8 Å². The summed E-state index contributed by atoms with van der Waals surface area (Å²) in [7, 11) is 2.17. The average Bonchev–Trinajstić information content (AvgIpc) is 3.14. The van der Waals surface area contributed by atoms with E-state index in [4.69, 9.17) is 0 Å². The highest BCUT2D eigenvalue weighted by Gasteiger charge is 2.19. The van der Waals surface area contributed by atoms with E-state index in [0.717, 1.165) is 6.42 Å². The number of benzene rings is 4. The fourth-order valence-electron chi connectivity index (χ4n) is 4.54. The Morgan fingerprint density at radius 1 is 0.640 bits per heavy atom. The first-order valence-electron chi connectivity index (χ1n) is 8.82. The average molecular weight is 319 g/mol. The summed E-state index contributed by atoms with van der Waals surface area (Å²) in [5.74, 6) is 0. The van der Waals surface area contributed by atoms with Crippen LogP contribution in [-0.2, 0) is 13.5 Å². The van der Waals surface area contributed by atoms with Crippen molar-refractivity contribution in [1.82, 2.24) is 4.57 Å². The molecule has 1 aliphatic rings. The largest absolute Gasteiger partial charge is 0.344 e. The molecule has 0 fully saturated rings. The standard InChI is InChI=1S/C24H17N/c1-25-23-9-5-4-8-20(23)22-13-16-11-18-10-15-6-2-3-7-19(15)21(18)12-17(16)14-24(22)25/h2-9,11-14H,10H2,1H3. The van der Waals surface area contributed by atoms with Gasteiger partial charge >= 0.3 is 0 Å². The van der Waals surface area contributed by atoms with Crippen LogP contribution >= 0.6 is 0 Å². The first-order chi connectivity index (χ1) is 12.3. The lowest BCUT2D eigenvalue weighted by Crippen LogP contribution is -1.87. The zero-order valence-corrected chi connectivity index (χ0v) is 14.1. The van der Waals surface area contributed by atoms with E-state index >= 15 is 0 Å². The predicted octanol–water partition coefficient (Wildman–Crippen LogP) is 6.06. The lowest BCUT2D eigenvalue weighted by molar-refractivity contribution is 1.02. The highest BCUT2D eigenvalue weighted by atomic mass is 14.9. The van der Waals surface area contributed by atoms with Crippen LogP contribution in [0.4, 0.5) is 0 Å². The minimum absolute atomic E-state index is 1.05. The number of rotatable bonds is 0. The van der Waals surface area contributed by atoms with Gasteiger partial charge in [0, 0.05) is 28.9 Å². The number of aromatic nitrogens is 1. The van der Waals surface area contributed by atoms with Gasteiger partial charge < -0.3 is 4.57 Å². The van der Waals surface area contributed by atoms with Crippen molar-refractivity contribution in [3.8, 4) is 11.1 Å². The van der Waals surface area contributed by atoms with Crippen molar-refractivity contribution < 1.29 is 0 Å². The summed E-state index contributed by atoms with van der Waals surface area (Å²) in [4.78, 5) is 0. The van der Waals surface area contributed by atoms with Crippen molar-refractivity contribution in [3.63, 3.8) is 0 Å². The van der Waals surface area contributed by atoms with E-state index in [2.05, 4.69) is 84.4 Å². The van der Waals surface area contributed by atoms with Crippen molar-refractivity contribution >= 4 is 32.6 Å². The molecule has 1 heterocycles. The van der Waals surface area contributed by atoms with Crippen molar-refractivity contribution in [2.45, 2.75) is 6.42 Å². The lowest BCUT2D eigenvalue weighted by Gasteiger charge is -2.06. The van der Waals surface area contributed by atoms with E-state index < -0.39 is 0 Å². The normalized spacial score (nSPS) is 12.8. The number of hydrogen-bond acceptors (Lipinski definition) is 0. The van der Waals surface area contributed by atoms with E-state index in [1.54, 1.807) is 0 Å². The third-order valence-electron chi connectivity index (χ3n) is 5.78. The van der Waals surface area contributed by atoms with Gasteiger partial charge in [0.2, 0.25) is 0 Å². The quantitative estimate of drug-likeness (QED) is 0.321. The van der Waals surface area contributed by atoms with Gasteiger partial charge in [-0.1, -0.05) is 48.5 Å². The lowest BCUT2D eigenvalue weighted by atomic mass is 9.99. The molecule has 1 aliphatic carbocycles. The highest BCUT2D eigenvalue weighted by molar-refractivity contribution is 6.13. The Kier molecular flexibility index (Phi) is 2.39.